The van der Waals surface area contributed by atoms with E-state index in [0.717, 1.165) is 0 Å². The van der Waals surface area contributed by atoms with Crippen LogP contribution >= 0.6 is 15.9 Å². The molecule has 0 aliphatic carbocycles. The van der Waals surface area contributed by atoms with Crippen LogP contribution in [0.15, 0.2) is 28.7 Å². The first-order valence-electron chi connectivity index (χ1n) is 6.91. The molecule has 18 heavy (non-hydrogen) atoms. The topological polar surface area (TPSA) is 29.3 Å². The molecule has 1 saturated heterocycles. The minimum Gasteiger partial charge on any atom is -0.326 e. The van der Waals surface area contributed by atoms with Gasteiger partial charge in [-0.15, -0.1) is 0 Å². The lowest BCUT2D eigenvalue weighted by atomic mass is 9.98. The summed E-state index contributed by atoms with van der Waals surface area (Å²) >= 11 is 3.67. The van der Waals surface area contributed by atoms with Crippen molar-refractivity contribution in [2.75, 3.05) is 6.54 Å². The highest BCUT2D eigenvalue weighted by atomic mass is 79.9. The van der Waals surface area contributed by atoms with E-state index in [0.29, 0.717) is 12.1 Å². The van der Waals surface area contributed by atoms with Gasteiger partial charge in [0.1, 0.15) is 0 Å². The van der Waals surface area contributed by atoms with E-state index in [4.69, 9.17) is 5.73 Å². The Morgan fingerprint density at radius 3 is 2.78 bits per heavy atom. The molecule has 0 aromatic heterocycles. The van der Waals surface area contributed by atoms with Crippen LogP contribution < -0.4 is 5.73 Å². The van der Waals surface area contributed by atoms with Crippen LogP contribution in [0.5, 0.6) is 0 Å². The Morgan fingerprint density at radius 1 is 1.44 bits per heavy atom. The van der Waals surface area contributed by atoms with Gasteiger partial charge in [0.25, 0.3) is 0 Å². The summed E-state index contributed by atoms with van der Waals surface area (Å²) in [6, 6.07) is 9.64. The number of rotatable bonds is 4. The number of hydrogen-bond acceptors (Lipinski definition) is 2. The number of benzene rings is 1. The summed E-state index contributed by atoms with van der Waals surface area (Å²) in [5, 5.41) is 0. The maximum atomic E-state index is 6.27. The molecule has 2 rings (SSSR count). The van der Waals surface area contributed by atoms with Crippen molar-refractivity contribution in [2.24, 2.45) is 5.73 Å². The highest BCUT2D eigenvalue weighted by Crippen LogP contribution is 2.35. The summed E-state index contributed by atoms with van der Waals surface area (Å²) in [7, 11) is 0. The molecule has 2 nitrogen and oxygen atoms in total. The van der Waals surface area contributed by atoms with Gasteiger partial charge in [-0.25, -0.2) is 0 Å². The smallest absolute Gasteiger partial charge is 0.0510 e. The van der Waals surface area contributed by atoms with Gasteiger partial charge in [-0.2, -0.15) is 0 Å². The third-order valence-corrected chi connectivity index (χ3v) is 4.70. The van der Waals surface area contributed by atoms with Crippen molar-refractivity contribution in [1.82, 2.24) is 4.90 Å². The van der Waals surface area contributed by atoms with Crippen molar-refractivity contribution in [1.29, 1.82) is 0 Å². The number of halogens is 1. The molecule has 1 fully saturated rings. The SMILES string of the molecule is CCC1CCCN1C(c1ccccc1Br)C(C)N. The highest BCUT2D eigenvalue weighted by molar-refractivity contribution is 9.10. The second-order valence-corrected chi connectivity index (χ2v) is 6.12. The minimum absolute atomic E-state index is 0.149. The zero-order chi connectivity index (χ0) is 13.1. The van der Waals surface area contributed by atoms with Gasteiger partial charge in [0.15, 0.2) is 0 Å². The van der Waals surface area contributed by atoms with Crippen molar-refractivity contribution in [3.8, 4) is 0 Å². The van der Waals surface area contributed by atoms with Crippen molar-refractivity contribution in [3.05, 3.63) is 34.3 Å². The van der Waals surface area contributed by atoms with E-state index in [1.807, 2.05) is 0 Å². The highest BCUT2D eigenvalue weighted by Gasteiger charge is 2.33. The molecule has 1 aliphatic rings. The Morgan fingerprint density at radius 2 is 2.17 bits per heavy atom. The Hall–Kier alpha value is -0.380. The largest absolute Gasteiger partial charge is 0.326 e. The minimum atomic E-state index is 0.149. The lowest BCUT2D eigenvalue weighted by molar-refractivity contribution is 0.156. The predicted molar refractivity (Wildman–Crippen MR) is 80.6 cm³/mol. The van der Waals surface area contributed by atoms with Gasteiger partial charge in [-0.05, 0) is 44.4 Å². The van der Waals surface area contributed by atoms with E-state index in [2.05, 4.69) is 58.9 Å². The maximum Gasteiger partial charge on any atom is 0.0510 e. The number of hydrogen-bond donors (Lipinski definition) is 1. The summed E-state index contributed by atoms with van der Waals surface area (Å²) in [5.41, 5.74) is 7.60. The standard InChI is InChI=1S/C15H23BrN2/c1-3-12-7-6-10-18(12)15(11(2)17)13-8-4-5-9-14(13)16/h4-5,8-9,11-12,15H,3,6-7,10,17H2,1-2H3. The molecule has 3 unspecified atom stereocenters. The molecule has 2 N–H and O–H groups in total. The van der Waals surface area contributed by atoms with Gasteiger partial charge in [0.2, 0.25) is 0 Å². The Balaban J connectivity index is 2.31. The molecule has 100 valence electrons. The van der Waals surface area contributed by atoms with Crippen molar-refractivity contribution in [3.63, 3.8) is 0 Å². The van der Waals surface area contributed by atoms with E-state index in [-0.39, 0.29) is 6.04 Å². The molecular weight excluding hydrogens is 288 g/mol. The molecular formula is C15H23BrN2. The van der Waals surface area contributed by atoms with Crippen LogP contribution in [0.1, 0.15) is 44.7 Å². The van der Waals surface area contributed by atoms with Crippen LogP contribution in [-0.2, 0) is 0 Å². The second-order valence-electron chi connectivity index (χ2n) is 5.27. The molecule has 0 spiro atoms. The van der Waals surface area contributed by atoms with Gasteiger partial charge in [0, 0.05) is 16.6 Å². The number of likely N-dealkylation sites (tertiary alicyclic amines) is 1. The Kier molecular flexibility index (Phi) is 4.82. The molecule has 3 atom stereocenters. The van der Waals surface area contributed by atoms with Crippen LogP contribution in [0.25, 0.3) is 0 Å². The molecule has 1 aromatic carbocycles. The fraction of sp³-hybridized carbons (Fsp3) is 0.600. The van der Waals surface area contributed by atoms with E-state index < -0.39 is 0 Å². The quantitative estimate of drug-likeness (QED) is 0.918. The van der Waals surface area contributed by atoms with Crippen LogP contribution in [0.3, 0.4) is 0 Å². The third-order valence-electron chi connectivity index (χ3n) is 3.97. The molecule has 1 heterocycles. The van der Waals surface area contributed by atoms with Crippen LogP contribution in [0.2, 0.25) is 0 Å². The summed E-state index contributed by atoms with van der Waals surface area (Å²) in [6.07, 6.45) is 3.82. The average molecular weight is 311 g/mol. The van der Waals surface area contributed by atoms with E-state index in [1.54, 1.807) is 0 Å². The van der Waals surface area contributed by atoms with Gasteiger partial charge in [-0.3, -0.25) is 4.90 Å². The van der Waals surface area contributed by atoms with Crippen molar-refractivity contribution in [2.45, 2.75) is 51.2 Å². The van der Waals surface area contributed by atoms with Crippen LogP contribution in [0.4, 0.5) is 0 Å². The maximum absolute atomic E-state index is 6.27. The molecule has 1 aliphatic heterocycles. The van der Waals surface area contributed by atoms with Gasteiger partial charge in [-0.1, -0.05) is 41.1 Å². The number of nitrogens with zero attached hydrogens (tertiary/aromatic N) is 1. The first-order chi connectivity index (χ1) is 8.65. The molecule has 1 aromatic rings. The predicted octanol–water partition coefficient (Wildman–Crippen LogP) is 3.71. The zero-order valence-corrected chi connectivity index (χ0v) is 12.9. The van der Waals surface area contributed by atoms with E-state index >= 15 is 0 Å². The molecule has 0 amide bonds. The molecule has 3 heteroatoms. The van der Waals surface area contributed by atoms with Gasteiger partial charge < -0.3 is 5.73 Å². The summed E-state index contributed by atoms with van der Waals surface area (Å²) < 4.78 is 1.18. The average Bonchev–Trinajstić information content (AvgIpc) is 2.79. The lowest BCUT2D eigenvalue weighted by Gasteiger charge is -2.36. The lowest BCUT2D eigenvalue weighted by Crippen LogP contribution is -2.42. The third kappa shape index (κ3) is 2.79. The first kappa shape index (κ1) is 14.0. The van der Waals surface area contributed by atoms with Crippen molar-refractivity contribution >= 4 is 15.9 Å². The first-order valence-corrected chi connectivity index (χ1v) is 7.70. The molecule has 0 saturated carbocycles. The second kappa shape index (κ2) is 6.18. The van der Waals surface area contributed by atoms with Crippen LogP contribution in [0, 0.1) is 0 Å². The Labute approximate surface area is 119 Å². The fourth-order valence-corrected chi connectivity index (χ4v) is 3.66. The van der Waals surface area contributed by atoms with Crippen LogP contribution in [-0.4, -0.2) is 23.5 Å². The molecule has 0 radical (unpaired) electrons. The zero-order valence-electron chi connectivity index (χ0n) is 11.3. The van der Waals surface area contributed by atoms with E-state index in [1.165, 1.54) is 35.8 Å². The van der Waals surface area contributed by atoms with Gasteiger partial charge >= 0.3 is 0 Å². The summed E-state index contributed by atoms with van der Waals surface area (Å²) in [5.74, 6) is 0. The summed E-state index contributed by atoms with van der Waals surface area (Å²) in [6.45, 7) is 5.57. The summed E-state index contributed by atoms with van der Waals surface area (Å²) in [4.78, 5) is 2.60. The van der Waals surface area contributed by atoms with E-state index in [9.17, 15) is 0 Å². The molecule has 0 bridgehead atoms. The van der Waals surface area contributed by atoms with Crippen molar-refractivity contribution < 1.29 is 0 Å². The Bertz CT molecular complexity index is 392. The monoisotopic (exact) mass is 310 g/mol. The fourth-order valence-electron chi connectivity index (χ4n) is 3.14. The van der Waals surface area contributed by atoms with Gasteiger partial charge in [0.05, 0.1) is 6.04 Å². The number of nitrogens with two attached hydrogens (primary N) is 1. The normalized spacial score (nSPS) is 24.1.